The molecule has 0 atom stereocenters. The van der Waals surface area contributed by atoms with E-state index >= 15 is 0 Å². The minimum Gasteiger partial charge on any atom is -0.497 e. The third-order valence-corrected chi connectivity index (χ3v) is 4.83. The van der Waals surface area contributed by atoms with E-state index in [2.05, 4.69) is 32.1 Å². The van der Waals surface area contributed by atoms with E-state index in [9.17, 15) is 4.39 Å². The topological polar surface area (TPSA) is 79.9 Å². The van der Waals surface area contributed by atoms with Gasteiger partial charge in [-0.1, -0.05) is 11.1 Å². The van der Waals surface area contributed by atoms with Crippen molar-refractivity contribution in [2.45, 2.75) is 6.42 Å². The SMILES string of the molecule is COc1ccc2c(c1)-n1nncc1Cc1c(C#Cc3cnc(OC)c(F)c3)ncn1-2. The summed E-state index contributed by atoms with van der Waals surface area (Å²) in [5, 5.41) is 8.28. The Morgan fingerprint density at radius 1 is 1.03 bits per heavy atom. The Morgan fingerprint density at radius 2 is 1.93 bits per heavy atom. The largest absolute Gasteiger partial charge is 0.497 e. The van der Waals surface area contributed by atoms with Gasteiger partial charge in [-0.3, -0.25) is 4.57 Å². The molecule has 0 N–H and O–H groups in total. The van der Waals surface area contributed by atoms with Crippen LogP contribution in [-0.4, -0.2) is 43.7 Å². The Kier molecular flexibility index (Phi) is 4.17. The summed E-state index contributed by atoms with van der Waals surface area (Å²) in [6.45, 7) is 0. The van der Waals surface area contributed by atoms with Crippen molar-refractivity contribution >= 4 is 0 Å². The van der Waals surface area contributed by atoms with Crippen molar-refractivity contribution in [1.82, 2.24) is 29.5 Å². The van der Waals surface area contributed by atoms with Crippen LogP contribution in [0, 0.1) is 17.7 Å². The smallest absolute Gasteiger partial charge is 0.250 e. The first-order chi connectivity index (χ1) is 14.7. The quantitative estimate of drug-likeness (QED) is 0.422. The molecule has 8 nitrogen and oxygen atoms in total. The molecule has 0 spiro atoms. The fourth-order valence-electron chi connectivity index (χ4n) is 3.38. The summed E-state index contributed by atoms with van der Waals surface area (Å²) in [5.41, 5.74) is 4.51. The van der Waals surface area contributed by atoms with Crippen LogP contribution in [0.5, 0.6) is 11.6 Å². The van der Waals surface area contributed by atoms with E-state index in [1.165, 1.54) is 19.4 Å². The third kappa shape index (κ3) is 2.86. The van der Waals surface area contributed by atoms with Crippen molar-refractivity contribution in [3.05, 3.63) is 71.4 Å². The molecule has 148 valence electrons. The van der Waals surface area contributed by atoms with Crippen molar-refractivity contribution in [2.75, 3.05) is 14.2 Å². The number of nitrogens with zero attached hydrogens (tertiary/aromatic N) is 6. The van der Waals surface area contributed by atoms with E-state index in [4.69, 9.17) is 9.47 Å². The monoisotopic (exact) mass is 402 g/mol. The summed E-state index contributed by atoms with van der Waals surface area (Å²) in [4.78, 5) is 8.39. The Hall–Kier alpha value is -4.19. The van der Waals surface area contributed by atoms with Gasteiger partial charge in [0.25, 0.3) is 0 Å². The predicted octanol–water partition coefficient (Wildman–Crippen LogP) is 2.31. The summed E-state index contributed by atoms with van der Waals surface area (Å²) in [7, 11) is 2.98. The maximum atomic E-state index is 13.9. The lowest BCUT2D eigenvalue weighted by molar-refractivity contribution is 0.369. The van der Waals surface area contributed by atoms with Crippen LogP contribution in [0.25, 0.3) is 11.4 Å². The highest BCUT2D eigenvalue weighted by Gasteiger charge is 2.23. The zero-order valence-electron chi connectivity index (χ0n) is 16.1. The molecule has 1 aliphatic heterocycles. The van der Waals surface area contributed by atoms with Gasteiger partial charge in [-0.25, -0.2) is 19.0 Å². The standard InChI is InChI=1S/C21H15FN6O2/c1-29-15-4-6-18-20(9-15)28-14(11-25-26-28)8-19-17(24-12-27(18)19)5-3-13-7-16(22)21(30-2)23-10-13/h4,6-7,9-12H,8H2,1-2H3. The summed E-state index contributed by atoms with van der Waals surface area (Å²) in [5.74, 6) is 6.05. The first kappa shape index (κ1) is 17.9. The maximum absolute atomic E-state index is 13.9. The number of rotatable bonds is 2. The summed E-state index contributed by atoms with van der Waals surface area (Å²) in [6.07, 6.45) is 5.43. The number of pyridine rings is 1. The molecule has 3 aromatic heterocycles. The fourth-order valence-corrected chi connectivity index (χ4v) is 3.38. The van der Waals surface area contributed by atoms with Gasteiger partial charge in [0.15, 0.2) is 5.82 Å². The van der Waals surface area contributed by atoms with E-state index in [0.717, 1.165) is 22.8 Å². The first-order valence-electron chi connectivity index (χ1n) is 9.04. The van der Waals surface area contributed by atoms with Crippen molar-refractivity contribution < 1.29 is 13.9 Å². The number of fused-ring (bicyclic) bond motifs is 5. The van der Waals surface area contributed by atoms with Gasteiger partial charge in [-0.05, 0) is 24.1 Å². The highest BCUT2D eigenvalue weighted by Crippen LogP contribution is 2.31. The Balaban J connectivity index is 1.61. The van der Waals surface area contributed by atoms with Gasteiger partial charge in [0, 0.05) is 24.2 Å². The van der Waals surface area contributed by atoms with Gasteiger partial charge in [0.2, 0.25) is 5.88 Å². The van der Waals surface area contributed by atoms with Crippen molar-refractivity contribution in [2.24, 2.45) is 0 Å². The zero-order chi connectivity index (χ0) is 20.7. The minimum absolute atomic E-state index is 0.0656. The average molecular weight is 402 g/mol. The number of hydrogen-bond acceptors (Lipinski definition) is 6. The van der Waals surface area contributed by atoms with Crippen LogP contribution in [0.1, 0.15) is 22.6 Å². The third-order valence-electron chi connectivity index (χ3n) is 4.83. The van der Waals surface area contributed by atoms with E-state index in [1.54, 1.807) is 24.3 Å². The molecule has 1 aliphatic rings. The summed E-state index contributed by atoms with van der Waals surface area (Å²) < 4.78 is 27.9. The van der Waals surface area contributed by atoms with Crippen molar-refractivity contribution in [3.8, 4) is 34.8 Å². The lowest BCUT2D eigenvalue weighted by atomic mass is 10.2. The number of imidazole rings is 1. The maximum Gasteiger partial charge on any atom is 0.250 e. The summed E-state index contributed by atoms with van der Waals surface area (Å²) in [6, 6.07) is 7.01. The molecular weight excluding hydrogens is 387 g/mol. The number of hydrogen-bond donors (Lipinski definition) is 0. The highest BCUT2D eigenvalue weighted by atomic mass is 19.1. The lowest BCUT2D eigenvalue weighted by Gasteiger charge is -2.11. The van der Waals surface area contributed by atoms with E-state index in [-0.39, 0.29) is 5.88 Å². The molecule has 4 aromatic rings. The van der Waals surface area contributed by atoms with Gasteiger partial charge in [0.05, 0.1) is 43.2 Å². The van der Waals surface area contributed by atoms with Crippen LogP contribution in [0.3, 0.4) is 0 Å². The van der Waals surface area contributed by atoms with Crippen LogP contribution in [0.15, 0.2) is 43.0 Å². The summed E-state index contributed by atoms with van der Waals surface area (Å²) >= 11 is 0. The molecular formula is C21H15FN6O2. The Labute approximate surface area is 170 Å². The van der Waals surface area contributed by atoms with Gasteiger partial charge in [-0.15, -0.1) is 5.10 Å². The number of halogens is 1. The van der Waals surface area contributed by atoms with Gasteiger partial charge in [-0.2, -0.15) is 0 Å². The zero-order valence-corrected chi connectivity index (χ0v) is 16.1. The van der Waals surface area contributed by atoms with Crippen LogP contribution in [0.4, 0.5) is 4.39 Å². The lowest BCUT2D eigenvalue weighted by Crippen LogP contribution is -2.03. The molecule has 5 rings (SSSR count). The molecule has 0 saturated carbocycles. The van der Waals surface area contributed by atoms with Gasteiger partial charge >= 0.3 is 0 Å². The highest BCUT2D eigenvalue weighted by molar-refractivity contribution is 5.59. The molecule has 0 saturated heterocycles. The molecule has 1 aromatic carbocycles. The number of aromatic nitrogens is 6. The second-order valence-corrected chi connectivity index (χ2v) is 6.54. The van der Waals surface area contributed by atoms with Crippen LogP contribution in [0.2, 0.25) is 0 Å². The van der Waals surface area contributed by atoms with Crippen LogP contribution < -0.4 is 9.47 Å². The molecule has 30 heavy (non-hydrogen) atoms. The number of methoxy groups -OCH3 is 2. The van der Waals surface area contributed by atoms with E-state index in [0.29, 0.717) is 23.4 Å². The van der Waals surface area contributed by atoms with E-state index < -0.39 is 5.82 Å². The normalized spacial score (nSPS) is 11.4. The molecule has 0 fully saturated rings. The minimum atomic E-state index is -0.564. The molecule has 0 bridgehead atoms. The predicted molar refractivity (Wildman–Crippen MR) is 105 cm³/mol. The van der Waals surface area contributed by atoms with Gasteiger partial charge in [0.1, 0.15) is 17.8 Å². The molecule has 0 unspecified atom stereocenters. The Morgan fingerprint density at radius 3 is 2.73 bits per heavy atom. The number of benzene rings is 1. The Bertz CT molecular complexity index is 1330. The second kappa shape index (κ2) is 7.00. The van der Waals surface area contributed by atoms with Crippen molar-refractivity contribution in [1.29, 1.82) is 0 Å². The van der Waals surface area contributed by atoms with Gasteiger partial charge < -0.3 is 9.47 Å². The molecule has 9 heteroatoms. The first-order valence-corrected chi connectivity index (χ1v) is 9.04. The number of ether oxygens (including phenoxy) is 2. The molecule has 0 radical (unpaired) electrons. The average Bonchev–Trinajstić information content (AvgIpc) is 3.37. The second-order valence-electron chi connectivity index (χ2n) is 6.54. The molecule has 0 aliphatic carbocycles. The molecule has 4 heterocycles. The fraction of sp³-hybridized carbons (Fsp3) is 0.143. The molecule has 0 amide bonds. The van der Waals surface area contributed by atoms with Crippen molar-refractivity contribution in [3.63, 3.8) is 0 Å². The van der Waals surface area contributed by atoms with Crippen LogP contribution >= 0.6 is 0 Å². The van der Waals surface area contributed by atoms with Crippen LogP contribution in [-0.2, 0) is 6.42 Å². The van der Waals surface area contributed by atoms with E-state index in [1.807, 2.05) is 22.8 Å².